The third kappa shape index (κ3) is 2.47. The van der Waals surface area contributed by atoms with Crippen molar-refractivity contribution in [3.05, 3.63) is 57.6 Å². The van der Waals surface area contributed by atoms with Crippen LogP contribution in [-0.4, -0.2) is 6.29 Å². The van der Waals surface area contributed by atoms with Crippen LogP contribution in [0, 0.1) is 13.8 Å². The summed E-state index contributed by atoms with van der Waals surface area (Å²) in [4.78, 5) is 10.8. The van der Waals surface area contributed by atoms with Crippen LogP contribution in [-0.2, 0) is 0 Å². The molecule has 86 valence electrons. The van der Waals surface area contributed by atoms with Gasteiger partial charge in [-0.25, -0.2) is 0 Å². The van der Waals surface area contributed by atoms with Gasteiger partial charge in [0.05, 0.1) is 0 Å². The maximum absolute atomic E-state index is 10.8. The second kappa shape index (κ2) is 4.84. The van der Waals surface area contributed by atoms with Crippen molar-refractivity contribution in [2.24, 2.45) is 0 Å². The molecule has 0 aliphatic heterocycles. The fraction of sp³-hybridized carbons (Fsp3) is 0.133. The van der Waals surface area contributed by atoms with Crippen molar-refractivity contribution in [3.8, 4) is 11.1 Å². The Bertz CT molecular complexity index is 573. The van der Waals surface area contributed by atoms with Crippen LogP contribution < -0.4 is 0 Å². The van der Waals surface area contributed by atoms with Crippen LogP contribution in [0.1, 0.15) is 21.5 Å². The Balaban J connectivity index is 2.59. The molecule has 1 nitrogen and oxygen atoms in total. The van der Waals surface area contributed by atoms with Crippen molar-refractivity contribution >= 4 is 22.2 Å². The molecule has 2 aromatic carbocycles. The van der Waals surface area contributed by atoms with E-state index in [1.54, 1.807) is 0 Å². The number of carbonyl (C=O) groups is 1. The summed E-state index contributed by atoms with van der Waals surface area (Å²) in [5, 5.41) is 0. The van der Waals surface area contributed by atoms with E-state index in [1.807, 2.05) is 24.3 Å². The average Bonchev–Trinajstić information content (AvgIpc) is 2.34. The van der Waals surface area contributed by atoms with Crippen LogP contribution >= 0.6 is 15.9 Å². The van der Waals surface area contributed by atoms with Gasteiger partial charge in [0.15, 0.2) is 0 Å². The molecule has 2 heteroatoms. The van der Waals surface area contributed by atoms with E-state index in [2.05, 4.69) is 41.9 Å². The number of benzene rings is 2. The Labute approximate surface area is 110 Å². The van der Waals surface area contributed by atoms with Crippen molar-refractivity contribution in [2.75, 3.05) is 0 Å². The molecule has 0 heterocycles. The lowest BCUT2D eigenvalue weighted by Gasteiger charge is -2.09. The van der Waals surface area contributed by atoms with Crippen LogP contribution in [0.15, 0.2) is 40.9 Å². The predicted molar refractivity (Wildman–Crippen MR) is 74.4 cm³/mol. The number of halogens is 1. The average molecular weight is 289 g/mol. The lowest BCUT2D eigenvalue weighted by atomic mass is 9.97. The van der Waals surface area contributed by atoms with Crippen LogP contribution in [0.5, 0.6) is 0 Å². The Morgan fingerprint density at radius 1 is 1.06 bits per heavy atom. The maximum Gasteiger partial charge on any atom is 0.150 e. The summed E-state index contributed by atoms with van der Waals surface area (Å²) in [6.45, 7) is 4.14. The molecular formula is C15H13BrO. The molecule has 0 atom stereocenters. The van der Waals surface area contributed by atoms with Crippen molar-refractivity contribution in [3.63, 3.8) is 0 Å². The highest BCUT2D eigenvalue weighted by atomic mass is 79.9. The van der Waals surface area contributed by atoms with E-state index in [-0.39, 0.29) is 0 Å². The first-order valence-corrected chi connectivity index (χ1v) is 6.23. The van der Waals surface area contributed by atoms with Gasteiger partial charge in [-0.15, -0.1) is 0 Å². The van der Waals surface area contributed by atoms with Gasteiger partial charge in [0.1, 0.15) is 6.29 Å². The van der Waals surface area contributed by atoms with E-state index in [1.165, 1.54) is 16.7 Å². The normalized spacial score (nSPS) is 10.3. The van der Waals surface area contributed by atoms with Gasteiger partial charge >= 0.3 is 0 Å². The van der Waals surface area contributed by atoms with Crippen molar-refractivity contribution in [1.82, 2.24) is 0 Å². The molecule has 0 amide bonds. The molecule has 17 heavy (non-hydrogen) atoms. The van der Waals surface area contributed by atoms with Gasteiger partial charge < -0.3 is 0 Å². The summed E-state index contributed by atoms with van der Waals surface area (Å²) in [7, 11) is 0. The maximum atomic E-state index is 10.8. The molecule has 0 radical (unpaired) electrons. The first-order chi connectivity index (χ1) is 8.11. The van der Waals surface area contributed by atoms with Gasteiger partial charge in [0, 0.05) is 10.0 Å². The third-order valence-electron chi connectivity index (χ3n) is 2.84. The summed E-state index contributed by atoms with van der Waals surface area (Å²) in [6.07, 6.45) is 0.880. The SMILES string of the molecule is Cc1cc(-c2cccc(C=O)c2)c(C)cc1Br. The number of rotatable bonds is 2. The predicted octanol–water partition coefficient (Wildman–Crippen LogP) is 4.55. The quantitative estimate of drug-likeness (QED) is 0.741. The van der Waals surface area contributed by atoms with Crippen LogP contribution in [0.25, 0.3) is 11.1 Å². The standard InChI is InChI=1S/C15H13BrO/c1-10-7-15(16)11(2)6-14(10)13-5-3-4-12(8-13)9-17/h3-9H,1-2H3. The van der Waals surface area contributed by atoms with Gasteiger partial charge in [-0.2, -0.15) is 0 Å². The Morgan fingerprint density at radius 3 is 2.53 bits per heavy atom. The minimum Gasteiger partial charge on any atom is -0.298 e. The highest BCUT2D eigenvalue weighted by molar-refractivity contribution is 9.10. The Hall–Kier alpha value is -1.41. The van der Waals surface area contributed by atoms with E-state index < -0.39 is 0 Å². The van der Waals surface area contributed by atoms with Crippen LogP contribution in [0.3, 0.4) is 0 Å². The summed E-state index contributed by atoms with van der Waals surface area (Å²) in [5.41, 5.74) is 5.37. The van der Waals surface area contributed by atoms with Crippen molar-refractivity contribution < 1.29 is 4.79 Å². The van der Waals surface area contributed by atoms with E-state index in [0.29, 0.717) is 5.56 Å². The van der Waals surface area contributed by atoms with Gasteiger partial charge in [-0.05, 0) is 48.2 Å². The number of hydrogen-bond acceptors (Lipinski definition) is 1. The number of carbonyl (C=O) groups excluding carboxylic acids is 1. The molecule has 0 aliphatic rings. The number of aryl methyl sites for hydroxylation is 2. The van der Waals surface area contributed by atoms with Crippen LogP contribution in [0.2, 0.25) is 0 Å². The molecule has 0 aromatic heterocycles. The van der Waals surface area contributed by atoms with Gasteiger partial charge in [-0.3, -0.25) is 4.79 Å². The molecule has 0 saturated carbocycles. The lowest BCUT2D eigenvalue weighted by molar-refractivity contribution is 0.112. The zero-order valence-electron chi connectivity index (χ0n) is 9.83. The topological polar surface area (TPSA) is 17.1 Å². The van der Waals surface area contributed by atoms with E-state index in [9.17, 15) is 4.79 Å². The highest BCUT2D eigenvalue weighted by Crippen LogP contribution is 2.29. The van der Waals surface area contributed by atoms with Gasteiger partial charge in [0.25, 0.3) is 0 Å². The minimum absolute atomic E-state index is 0.711. The van der Waals surface area contributed by atoms with Crippen molar-refractivity contribution in [1.29, 1.82) is 0 Å². The molecule has 0 fully saturated rings. The Kier molecular flexibility index (Phi) is 3.43. The molecule has 0 spiro atoms. The van der Waals surface area contributed by atoms with Crippen LogP contribution in [0.4, 0.5) is 0 Å². The second-order valence-electron chi connectivity index (χ2n) is 4.16. The molecule has 0 unspecified atom stereocenters. The zero-order chi connectivity index (χ0) is 12.4. The first kappa shape index (κ1) is 12.1. The summed E-state index contributed by atoms with van der Waals surface area (Å²) < 4.78 is 1.12. The smallest absolute Gasteiger partial charge is 0.150 e. The largest absolute Gasteiger partial charge is 0.298 e. The summed E-state index contributed by atoms with van der Waals surface area (Å²) in [5.74, 6) is 0. The fourth-order valence-electron chi connectivity index (χ4n) is 1.87. The molecule has 0 saturated heterocycles. The monoisotopic (exact) mass is 288 g/mol. The first-order valence-electron chi connectivity index (χ1n) is 5.44. The molecule has 0 aliphatic carbocycles. The highest BCUT2D eigenvalue weighted by Gasteiger charge is 2.05. The lowest BCUT2D eigenvalue weighted by Crippen LogP contribution is -1.88. The van der Waals surface area contributed by atoms with Crippen molar-refractivity contribution in [2.45, 2.75) is 13.8 Å². The molecule has 2 aromatic rings. The number of hydrogen-bond donors (Lipinski definition) is 0. The van der Waals surface area contributed by atoms with Gasteiger partial charge in [-0.1, -0.05) is 40.2 Å². The molecule has 0 N–H and O–H groups in total. The second-order valence-corrected chi connectivity index (χ2v) is 5.01. The molecule has 0 bridgehead atoms. The van der Waals surface area contributed by atoms with Gasteiger partial charge in [0.2, 0.25) is 0 Å². The summed E-state index contributed by atoms with van der Waals surface area (Å²) in [6, 6.07) is 11.9. The Morgan fingerprint density at radius 2 is 1.82 bits per heavy atom. The minimum atomic E-state index is 0.711. The number of aldehydes is 1. The summed E-state index contributed by atoms with van der Waals surface area (Å²) >= 11 is 3.52. The van der Waals surface area contributed by atoms with E-state index in [4.69, 9.17) is 0 Å². The molecule has 2 rings (SSSR count). The fourth-order valence-corrected chi connectivity index (χ4v) is 2.33. The molecular weight excluding hydrogens is 276 g/mol. The van der Waals surface area contributed by atoms with E-state index in [0.717, 1.165) is 16.3 Å². The zero-order valence-corrected chi connectivity index (χ0v) is 11.4. The third-order valence-corrected chi connectivity index (χ3v) is 3.69. The van der Waals surface area contributed by atoms with E-state index >= 15 is 0 Å².